The van der Waals surface area contributed by atoms with Gasteiger partial charge < -0.3 is 15.6 Å². The van der Waals surface area contributed by atoms with Crippen molar-refractivity contribution in [3.05, 3.63) is 6.33 Å². The van der Waals surface area contributed by atoms with Crippen molar-refractivity contribution in [2.24, 2.45) is 0 Å². The fraction of sp³-hybridized carbons (Fsp3) is 0.615. The highest BCUT2D eigenvalue weighted by molar-refractivity contribution is 5.83. The van der Waals surface area contributed by atoms with Crippen LogP contribution in [0.15, 0.2) is 6.33 Å². The number of aromatic amines is 1. The molecule has 0 aromatic carbocycles. The molecule has 3 N–H and O–H groups in total. The number of hydrogen-bond donors (Lipinski definition) is 3. The van der Waals surface area contributed by atoms with E-state index in [9.17, 15) is 0 Å². The van der Waals surface area contributed by atoms with Crippen molar-refractivity contribution in [1.82, 2.24) is 19.9 Å². The van der Waals surface area contributed by atoms with Crippen LogP contribution in [0, 0.1) is 0 Å². The molecule has 0 aliphatic rings. The average molecular weight is 262 g/mol. The van der Waals surface area contributed by atoms with E-state index < -0.39 is 0 Å². The Balaban J connectivity index is 2.12. The van der Waals surface area contributed by atoms with Gasteiger partial charge in [-0.15, -0.1) is 0 Å². The molecule has 0 aliphatic carbocycles. The molecule has 0 spiro atoms. The SMILES string of the molecule is CCCCCNc1nc(NCCC)nc2nc[nH]c12. The highest BCUT2D eigenvalue weighted by Gasteiger charge is 2.08. The minimum Gasteiger partial charge on any atom is -0.368 e. The van der Waals surface area contributed by atoms with Gasteiger partial charge in [0.05, 0.1) is 6.33 Å². The summed E-state index contributed by atoms with van der Waals surface area (Å²) >= 11 is 0. The van der Waals surface area contributed by atoms with Crippen LogP contribution in [-0.4, -0.2) is 33.0 Å². The van der Waals surface area contributed by atoms with Crippen LogP contribution in [0.1, 0.15) is 39.5 Å². The van der Waals surface area contributed by atoms with Crippen LogP contribution < -0.4 is 10.6 Å². The van der Waals surface area contributed by atoms with E-state index in [1.165, 1.54) is 12.8 Å². The second-order valence-corrected chi connectivity index (χ2v) is 4.56. The van der Waals surface area contributed by atoms with Crippen molar-refractivity contribution < 1.29 is 0 Å². The average Bonchev–Trinajstić information content (AvgIpc) is 2.89. The molecule has 0 radical (unpaired) electrons. The normalized spacial score (nSPS) is 10.8. The Bertz CT molecular complexity index is 507. The lowest BCUT2D eigenvalue weighted by Gasteiger charge is -2.08. The third kappa shape index (κ3) is 3.56. The van der Waals surface area contributed by atoms with Gasteiger partial charge in [0.1, 0.15) is 5.52 Å². The minimum absolute atomic E-state index is 0.638. The van der Waals surface area contributed by atoms with Gasteiger partial charge in [-0.1, -0.05) is 26.7 Å². The monoisotopic (exact) mass is 262 g/mol. The second-order valence-electron chi connectivity index (χ2n) is 4.56. The van der Waals surface area contributed by atoms with Gasteiger partial charge in [-0.3, -0.25) is 0 Å². The number of unbranched alkanes of at least 4 members (excludes halogenated alkanes) is 2. The van der Waals surface area contributed by atoms with Crippen LogP contribution >= 0.6 is 0 Å². The Morgan fingerprint density at radius 3 is 2.74 bits per heavy atom. The Hall–Kier alpha value is -1.85. The van der Waals surface area contributed by atoms with Crippen LogP contribution in [0.5, 0.6) is 0 Å². The lowest BCUT2D eigenvalue weighted by Crippen LogP contribution is -2.09. The third-order valence-corrected chi connectivity index (χ3v) is 2.89. The summed E-state index contributed by atoms with van der Waals surface area (Å²) in [7, 11) is 0. The minimum atomic E-state index is 0.638. The maximum atomic E-state index is 4.50. The van der Waals surface area contributed by atoms with Gasteiger partial charge in [-0.25, -0.2) is 4.98 Å². The number of hydrogen-bond acceptors (Lipinski definition) is 5. The lowest BCUT2D eigenvalue weighted by molar-refractivity contribution is 0.742. The predicted octanol–water partition coefficient (Wildman–Crippen LogP) is 2.78. The van der Waals surface area contributed by atoms with E-state index >= 15 is 0 Å². The van der Waals surface area contributed by atoms with Crippen molar-refractivity contribution >= 4 is 22.9 Å². The first kappa shape index (κ1) is 13.6. The van der Waals surface area contributed by atoms with E-state index in [1.54, 1.807) is 6.33 Å². The fourth-order valence-electron chi connectivity index (χ4n) is 1.86. The van der Waals surface area contributed by atoms with Crippen LogP contribution in [0.25, 0.3) is 11.2 Å². The van der Waals surface area contributed by atoms with Crippen LogP contribution in [0.3, 0.4) is 0 Å². The zero-order valence-electron chi connectivity index (χ0n) is 11.7. The molecule has 2 aromatic rings. The number of H-pyrrole nitrogens is 1. The molecule has 2 rings (SSSR count). The Morgan fingerprint density at radius 2 is 1.95 bits per heavy atom. The maximum absolute atomic E-state index is 4.50. The summed E-state index contributed by atoms with van der Waals surface area (Å²) in [5, 5.41) is 6.57. The molecule has 6 heteroatoms. The van der Waals surface area contributed by atoms with Gasteiger partial charge in [0.25, 0.3) is 0 Å². The zero-order chi connectivity index (χ0) is 13.5. The first-order chi connectivity index (χ1) is 9.35. The van der Waals surface area contributed by atoms with Crippen molar-refractivity contribution in [3.8, 4) is 0 Å². The highest BCUT2D eigenvalue weighted by Crippen LogP contribution is 2.18. The van der Waals surface area contributed by atoms with E-state index in [0.717, 1.165) is 37.3 Å². The first-order valence-corrected chi connectivity index (χ1v) is 7.04. The molecule has 19 heavy (non-hydrogen) atoms. The Labute approximate surface area is 113 Å². The molecule has 0 aliphatic heterocycles. The van der Waals surface area contributed by atoms with E-state index in [-0.39, 0.29) is 0 Å². The molecule has 2 aromatic heterocycles. The van der Waals surface area contributed by atoms with Gasteiger partial charge in [0, 0.05) is 13.1 Å². The van der Waals surface area contributed by atoms with Crippen molar-refractivity contribution in [1.29, 1.82) is 0 Å². The van der Waals surface area contributed by atoms with Gasteiger partial charge in [0.15, 0.2) is 11.5 Å². The van der Waals surface area contributed by atoms with Gasteiger partial charge in [0.2, 0.25) is 5.95 Å². The summed E-state index contributed by atoms with van der Waals surface area (Å²) in [6.07, 6.45) is 6.29. The van der Waals surface area contributed by atoms with E-state index in [4.69, 9.17) is 0 Å². The second kappa shape index (κ2) is 6.92. The summed E-state index contributed by atoms with van der Waals surface area (Å²) in [6, 6.07) is 0. The van der Waals surface area contributed by atoms with Crippen molar-refractivity contribution in [2.75, 3.05) is 23.7 Å². The van der Waals surface area contributed by atoms with E-state index in [1.807, 2.05) is 0 Å². The molecule has 0 amide bonds. The molecule has 0 atom stereocenters. The predicted molar refractivity (Wildman–Crippen MR) is 78.5 cm³/mol. The van der Waals surface area contributed by atoms with Crippen LogP contribution in [0.2, 0.25) is 0 Å². The van der Waals surface area contributed by atoms with E-state index in [2.05, 4.69) is 44.4 Å². The smallest absolute Gasteiger partial charge is 0.226 e. The molecule has 104 valence electrons. The fourth-order valence-corrected chi connectivity index (χ4v) is 1.86. The standard InChI is InChI=1S/C13H22N6/c1-3-5-6-8-14-11-10-12(17-9-16-10)19-13(18-11)15-7-4-2/h9H,3-8H2,1-2H3,(H3,14,15,16,17,18,19). The van der Waals surface area contributed by atoms with Crippen molar-refractivity contribution in [2.45, 2.75) is 39.5 Å². The van der Waals surface area contributed by atoms with Gasteiger partial charge in [-0.2, -0.15) is 9.97 Å². The van der Waals surface area contributed by atoms with Crippen LogP contribution in [0.4, 0.5) is 11.8 Å². The molecule has 0 saturated carbocycles. The number of rotatable bonds is 8. The number of anilines is 2. The molecular formula is C13H22N6. The number of nitrogens with one attached hydrogen (secondary N) is 3. The summed E-state index contributed by atoms with van der Waals surface area (Å²) in [6.45, 7) is 6.10. The number of imidazole rings is 1. The highest BCUT2D eigenvalue weighted by atomic mass is 15.2. The molecular weight excluding hydrogens is 240 g/mol. The number of fused-ring (bicyclic) bond motifs is 1. The third-order valence-electron chi connectivity index (χ3n) is 2.89. The molecule has 0 bridgehead atoms. The lowest BCUT2D eigenvalue weighted by atomic mass is 10.2. The molecule has 0 unspecified atom stereocenters. The largest absolute Gasteiger partial charge is 0.368 e. The summed E-state index contributed by atoms with van der Waals surface area (Å²) in [4.78, 5) is 16.2. The Morgan fingerprint density at radius 1 is 1.05 bits per heavy atom. The number of nitrogens with zero attached hydrogens (tertiary/aromatic N) is 3. The molecule has 0 fully saturated rings. The topological polar surface area (TPSA) is 78.5 Å². The Kier molecular flexibility index (Phi) is 4.94. The molecule has 0 saturated heterocycles. The van der Waals surface area contributed by atoms with Gasteiger partial charge >= 0.3 is 0 Å². The van der Waals surface area contributed by atoms with Gasteiger partial charge in [-0.05, 0) is 12.8 Å². The maximum Gasteiger partial charge on any atom is 0.226 e. The molecule has 6 nitrogen and oxygen atoms in total. The molecule has 2 heterocycles. The number of aromatic nitrogens is 4. The zero-order valence-corrected chi connectivity index (χ0v) is 11.7. The first-order valence-electron chi connectivity index (χ1n) is 7.04. The summed E-state index contributed by atoms with van der Waals surface area (Å²) in [5.74, 6) is 1.47. The van der Waals surface area contributed by atoms with E-state index in [0.29, 0.717) is 11.6 Å². The van der Waals surface area contributed by atoms with Crippen LogP contribution in [-0.2, 0) is 0 Å². The summed E-state index contributed by atoms with van der Waals surface area (Å²) < 4.78 is 0. The summed E-state index contributed by atoms with van der Waals surface area (Å²) in [5.41, 5.74) is 1.57. The van der Waals surface area contributed by atoms with Crippen molar-refractivity contribution in [3.63, 3.8) is 0 Å². The quantitative estimate of drug-likeness (QED) is 0.638.